The summed E-state index contributed by atoms with van der Waals surface area (Å²) in [5.74, 6) is -0.556. The first-order chi connectivity index (χ1) is 12.1. The van der Waals surface area contributed by atoms with Crippen LogP contribution < -0.4 is 10.1 Å². The lowest BCUT2D eigenvalue weighted by atomic mass is 10.1. The van der Waals surface area contributed by atoms with E-state index in [1.54, 1.807) is 0 Å². The van der Waals surface area contributed by atoms with E-state index in [1.807, 2.05) is 32.9 Å². The highest BCUT2D eigenvalue weighted by Gasteiger charge is 2.30. The van der Waals surface area contributed by atoms with Gasteiger partial charge in [-0.15, -0.1) is 0 Å². The fourth-order valence-corrected chi connectivity index (χ4v) is 4.71. The first kappa shape index (κ1) is 20.2. The molecule has 0 spiro atoms. The van der Waals surface area contributed by atoms with Crippen molar-refractivity contribution in [3.05, 3.63) is 28.8 Å². The van der Waals surface area contributed by atoms with E-state index in [4.69, 9.17) is 9.47 Å². The van der Waals surface area contributed by atoms with E-state index in [0.717, 1.165) is 16.7 Å². The largest absolute Gasteiger partial charge is 0.481 e. The van der Waals surface area contributed by atoms with Gasteiger partial charge in [0.2, 0.25) is 0 Å². The molecule has 0 radical (unpaired) electrons. The lowest BCUT2D eigenvalue weighted by molar-refractivity contribution is -0.156. The Morgan fingerprint density at radius 1 is 1.23 bits per heavy atom. The molecule has 7 nitrogen and oxygen atoms in total. The number of esters is 1. The van der Waals surface area contributed by atoms with Crippen LogP contribution in [0.1, 0.15) is 30.0 Å². The number of carbonyl (C=O) groups excluding carboxylic acids is 2. The van der Waals surface area contributed by atoms with Crippen LogP contribution in [0.5, 0.6) is 5.75 Å². The summed E-state index contributed by atoms with van der Waals surface area (Å²) in [5.41, 5.74) is 2.95. The number of aryl methyl sites for hydroxylation is 3. The second-order valence-electron chi connectivity index (χ2n) is 6.76. The number of carbonyl (C=O) groups is 2. The average molecular weight is 383 g/mol. The predicted octanol–water partition coefficient (Wildman–Crippen LogP) is 1.23. The Morgan fingerprint density at radius 3 is 2.38 bits per heavy atom. The summed E-state index contributed by atoms with van der Waals surface area (Å²) in [6.07, 6.45) is -0.640. The molecular weight excluding hydrogens is 358 g/mol. The summed E-state index contributed by atoms with van der Waals surface area (Å²) in [6.45, 7) is 6.91. The molecule has 1 aliphatic heterocycles. The zero-order chi connectivity index (χ0) is 19.5. The van der Waals surface area contributed by atoms with E-state index >= 15 is 0 Å². The molecule has 144 valence electrons. The van der Waals surface area contributed by atoms with Crippen LogP contribution in [0.3, 0.4) is 0 Å². The van der Waals surface area contributed by atoms with Crippen molar-refractivity contribution in [2.24, 2.45) is 0 Å². The molecule has 1 amide bonds. The third kappa shape index (κ3) is 5.45. The highest BCUT2D eigenvalue weighted by atomic mass is 32.2. The van der Waals surface area contributed by atoms with Crippen molar-refractivity contribution in [2.45, 2.75) is 46.3 Å². The molecule has 1 fully saturated rings. The van der Waals surface area contributed by atoms with Crippen molar-refractivity contribution in [1.82, 2.24) is 5.32 Å². The Labute approximate surface area is 154 Å². The lowest BCUT2D eigenvalue weighted by Crippen LogP contribution is -2.43. The third-order valence-electron chi connectivity index (χ3n) is 4.20. The van der Waals surface area contributed by atoms with Crippen molar-refractivity contribution >= 4 is 21.7 Å². The lowest BCUT2D eigenvalue weighted by Gasteiger charge is -2.17. The van der Waals surface area contributed by atoms with Gasteiger partial charge in [0.05, 0.1) is 11.5 Å². The minimum Gasteiger partial charge on any atom is -0.481 e. The van der Waals surface area contributed by atoms with Gasteiger partial charge in [-0.3, -0.25) is 4.79 Å². The van der Waals surface area contributed by atoms with E-state index in [0.29, 0.717) is 12.2 Å². The van der Waals surface area contributed by atoms with Gasteiger partial charge in [0.15, 0.2) is 22.5 Å². The smallest absolute Gasteiger partial charge is 0.344 e. The van der Waals surface area contributed by atoms with Crippen LogP contribution in [-0.2, 0) is 24.2 Å². The molecule has 2 atom stereocenters. The van der Waals surface area contributed by atoms with Gasteiger partial charge in [0, 0.05) is 6.04 Å². The van der Waals surface area contributed by atoms with Gasteiger partial charge in [-0.05, 0) is 45.2 Å². The number of nitrogens with one attached hydrogen (secondary N) is 1. The molecule has 0 saturated carbocycles. The van der Waals surface area contributed by atoms with E-state index in [-0.39, 0.29) is 18.1 Å². The summed E-state index contributed by atoms with van der Waals surface area (Å²) < 4.78 is 33.4. The maximum atomic E-state index is 12.0. The average Bonchev–Trinajstić information content (AvgIpc) is 2.84. The molecular formula is C18H25NO6S. The minimum atomic E-state index is -3.08. The van der Waals surface area contributed by atoms with Gasteiger partial charge in [0.25, 0.3) is 5.91 Å². The van der Waals surface area contributed by atoms with Gasteiger partial charge in [-0.2, -0.15) is 0 Å². The zero-order valence-electron chi connectivity index (χ0n) is 15.5. The monoisotopic (exact) mass is 383 g/mol. The minimum absolute atomic E-state index is 0.0647. The standard InChI is InChI=1S/C18H25NO6S/c1-11-7-12(2)17(13(3)8-11)24-9-16(20)25-14(4)18(21)19-15-5-6-26(22,23)10-15/h7-8,14-15H,5-6,9-10H2,1-4H3,(H,19,21)/t14-,15-/m0/s1. The van der Waals surface area contributed by atoms with Crippen LogP contribution in [0.25, 0.3) is 0 Å². The molecule has 26 heavy (non-hydrogen) atoms. The first-order valence-corrected chi connectivity index (χ1v) is 10.3. The number of hydrogen-bond acceptors (Lipinski definition) is 6. The fraction of sp³-hybridized carbons (Fsp3) is 0.556. The number of amides is 1. The quantitative estimate of drug-likeness (QED) is 0.742. The summed E-state index contributed by atoms with van der Waals surface area (Å²) in [6, 6.07) is 3.49. The van der Waals surface area contributed by atoms with E-state index in [2.05, 4.69) is 5.32 Å². The molecule has 8 heteroatoms. The molecule has 0 unspecified atom stereocenters. The maximum absolute atomic E-state index is 12.0. The van der Waals surface area contributed by atoms with Crippen molar-refractivity contribution in [1.29, 1.82) is 0 Å². The van der Waals surface area contributed by atoms with Crippen LogP contribution >= 0.6 is 0 Å². The number of hydrogen-bond donors (Lipinski definition) is 1. The molecule has 0 aromatic heterocycles. The third-order valence-corrected chi connectivity index (χ3v) is 5.96. The zero-order valence-corrected chi connectivity index (χ0v) is 16.3. The summed E-state index contributed by atoms with van der Waals surface area (Å²) in [7, 11) is -3.08. The van der Waals surface area contributed by atoms with Crippen molar-refractivity contribution in [3.8, 4) is 5.75 Å². The van der Waals surface area contributed by atoms with Gasteiger partial charge in [0.1, 0.15) is 5.75 Å². The number of ether oxygens (including phenoxy) is 2. The second kappa shape index (κ2) is 8.07. The number of sulfone groups is 1. The van der Waals surface area contributed by atoms with Crippen LogP contribution in [0.15, 0.2) is 12.1 Å². The Hall–Kier alpha value is -2.09. The van der Waals surface area contributed by atoms with Gasteiger partial charge in [-0.1, -0.05) is 17.7 Å². The van der Waals surface area contributed by atoms with Gasteiger partial charge < -0.3 is 14.8 Å². The van der Waals surface area contributed by atoms with Gasteiger partial charge >= 0.3 is 5.97 Å². The number of benzene rings is 1. The van der Waals surface area contributed by atoms with E-state index in [9.17, 15) is 18.0 Å². The SMILES string of the molecule is Cc1cc(C)c(OCC(=O)O[C@@H](C)C(=O)N[C@H]2CCS(=O)(=O)C2)c(C)c1. The Bertz CT molecular complexity index is 779. The highest BCUT2D eigenvalue weighted by Crippen LogP contribution is 2.24. The molecule has 2 rings (SSSR count). The van der Waals surface area contributed by atoms with Crippen LogP contribution in [0.2, 0.25) is 0 Å². The molecule has 1 heterocycles. The Balaban J connectivity index is 1.83. The molecule has 0 aliphatic carbocycles. The number of rotatable bonds is 6. The Morgan fingerprint density at radius 2 is 1.85 bits per heavy atom. The Kier molecular flexibility index (Phi) is 6.28. The fourth-order valence-electron chi connectivity index (χ4n) is 3.04. The van der Waals surface area contributed by atoms with E-state index in [1.165, 1.54) is 6.92 Å². The van der Waals surface area contributed by atoms with Crippen LogP contribution in [0.4, 0.5) is 0 Å². The van der Waals surface area contributed by atoms with Crippen LogP contribution in [-0.4, -0.2) is 50.6 Å². The molecule has 1 aromatic rings. The van der Waals surface area contributed by atoms with Gasteiger partial charge in [-0.25, -0.2) is 13.2 Å². The molecule has 1 aliphatic rings. The second-order valence-corrected chi connectivity index (χ2v) is 8.99. The normalized spacial score (nSPS) is 19.6. The molecule has 1 aromatic carbocycles. The van der Waals surface area contributed by atoms with Crippen molar-refractivity contribution in [2.75, 3.05) is 18.1 Å². The van der Waals surface area contributed by atoms with Crippen molar-refractivity contribution < 1.29 is 27.5 Å². The predicted molar refractivity (Wildman–Crippen MR) is 96.9 cm³/mol. The summed E-state index contributed by atoms with van der Waals surface area (Å²) in [5, 5.41) is 2.60. The summed E-state index contributed by atoms with van der Waals surface area (Å²) >= 11 is 0. The molecule has 1 saturated heterocycles. The van der Waals surface area contributed by atoms with Crippen molar-refractivity contribution in [3.63, 3.8) is 0 Å². The summed E-state index contributed by atoms with van der Waals surface area (Å²) in [4.78, 5) is 24.0. The molecule has 1 N–H and O–H groups in total. The highest BCUT2D eigenvalue weighted by molar-refractivity contribution is 7.91. The van der Waals surface area contributed by atoms with Crippen LogP contribution in [0, 0.1) is 20.8 Å². The maximum Gasteiger partial charge on any atom is 0.344 e. The molecule has 0 bridgehead atoms. The first-order valence-electron chi connectivity index (χ1n) is 8.48. The van der Waals surface area contributed by atoms with E-state index < -0.39 is 33.9 Å². The topological polar surface area (TPSA) is 98.8 Å².